The van der Waals surface area contributed by atoms with Crippen LogP contribution in [-0.2, 0) is 0 Å². The van der Waals surface area contributed by atoms with Crippen molar-refractivity contribution in [1.82, 2.24) is 9.80 Å². The maximum atomic E-state index is 14.6. The van der Waals surface area contributed by atoms with Gasteiger partial charge in [0, 0.05) is 45.1 Å². The van der Waals surface area contributed by atoms with E-state index in [2.05, 4.69) is 27.7 Å². The molecule has 6 heteroatoms. The first-order chi connectivity index (χ1) is 29.4. The summed E-state index contributed by atoms with van der Waals surface area (Å²) in [4.78, 5) is 61.7. The van der Waals surface area contributed by atoms with Crippen LogP contribution >= 0.6 is 0 Å². The fraction of sp³-hybridized carbons (Fsp3) is 0.556. The molecule has 5 aromatic rings. The Hall–Kier alpha value is -4.32. The molecule has 2 aliphatic heterocycles. The monoisotopic (exact) mass is 811 g/mol. The van der Waals surface area contributed by atoms with Gasteiger partial charge >= 0.3 is 0 Å². The number of unbranched alkanes of at least 4 members (excludes halogenated alkanes) is 16. The molecule has 4 amide bonds. The molecule has 2 unspecified atom stereocenters. The standard InChI is InChI=1S/C54H70N2O4/c1-5-9-13-17-19-23-27-37(25-21-15-11-7-3)55-51(57)43-33-29-39-41-31-35-45-50-46(36-32-42(48(41)50)40-30-34-44(52(55)58)49(43)47(39)40)54(60)56(53(45)59)38(26-22-16-12-8-4)28-24-20-18-14-10-6-2/h29-38H,5-28H2,1-4H3. The second-order valence-corrected chi connectivity index (χ2v) is 18.2. The summed E-state index contributed by atoms with van der Waals surface area (Å²) in [6.45, 7) is 8.89. The van der Waals surface area contributed by atoms with E-state index in [0.717, 1.165) is 146 Å². The third-order valence-corrected chi connectivity index (χ3v) is 14.0. The molecule has 2 heterocycles. The zero-order valence-electron chi connectivity index (χ0n) is 37.3. The molecular weight excluding hydrogens is 741 g/mol. The maximum Gasteiger partial charge on any atom is 0.261 e. The lowest BCUT2D eigenvalue weighted by Gasteiger charge is -2.35. The number of imide groups is 2. The number of hydrogen-bond donors (Lipinski definition) is 0. The van der Waals surface area contributed by atoms with Crippen molar-refractivity contribution in [3.8, 4) is 0 Å². The van der Waals surface area contributed by atoms with E-state index in [4.69, 9.17) is 0 Å². The maximum absolute atomic E-state index is 14.6. The van der Waals surface area contributed by atoms with Gasteiger partial charge in [-0.1, -0.05) is 180 Å². The topological polar surface area (TPSA) is 74.8 Å². The lowest BCUT2D eigenvalue weighted by molar-refractivity contribution is 0.0501. The molecule has 0 spiro atoms. The Kier molecular flexibility index (Phi) is 14.9. The highest BCUT2D eigenvalue weighted by atomic mass is 16.2. The molecule has 2 aliphatic rings. The molecule has 0 saturated carbocycles. The zero-order chi connectivity index (χ0) is 42.2. The van der Waals surface area contributed by atoms with Crippen molar-refractivity contribution < 1.29 is 19.2 Å². The summed E-state index contributed by atoms with van der Waals surface area (Å²) in [5.41, 5.74) is 2.38. The number of carbonyl (C=O) groups is 4. The number of nitrogens with zero attached hydrogens (tertiary/aromatic N) is 2. The van der Waals surface area contributed by atoms with Gasteiger partial charge in [0.1, 0.15) is 0 Å². The highest BCUT2D eigenvalue weighted by Gasteiger charge is 2.40. The Balaban J connectivity index is 1.24. The molecule has 320 valence electrons. The van der Waals surface area contributed by atoms with E-state index in [-0.39, 0.29) is 35.7 Å². The summed E-state index contributed by atoms with van der Waals surface area (Å²) in [7, 11) is 0. The van der Waals surface area contributed by atoms with Gasteiger partial charge in [-0.3, -0.25) is 29.0 Å². The highest BCUT2D eigenvalue weighted by Crippen LogP contribution is 2.47. The minimum absolute atomic E-state index is 0.114. The van der Waals surface area contributed by atoms with Crippen molar-refractivity contribution in [3.05, 3.63) is 70.8 Å². The second-order valence-electron chi connectivity index (χ2n) is 18.2. The fourth-order valence-corrected chi connectivity index (χ4v) is 10.7. The van der Waals surface area contributed by atoms with Crippen LogP contribution in [0.25, 0.3) is 43.1 Å². The van der Waals surface area contributed by atoms with Gasteiger partial charge in [-0.05, 0) is 82.3 Å². The predicted octanol–water partition coefficient (Wildman–Crippen LogP) is 15.1. The van der Waals surface area contributed by atoms with Crippen molar-refractivity contribution in [3.63, 3.8) is 0 Å². The molecule has 2 atom stereocenters. The molecule has 5 aromatic carbocycles. The normalized spacial score (nSPS) is 15.2. The van der Waals surface area contributed by atoms with E-state index >= 15 is 0 Å². The first kappa shape index (κ1) is 43.8. The third-order valence-electron chi connectivity index (χ3n) is 14.0. The van der Waals surface area contributed by atoms with E-state index in [1.165, 1.54) is 51.4 Å². The average molecular weight is 811 g/mol. The molecule has 60 heavy (non-hydrogen) atoms. The molecule has 0 bridgehead atoms. The number of carbonyl (C=O) groups excluding carboxylic acids is 4. The summed E-state index contributed by atoms with van der Waals surface area (Å²) in [5.74, 6) is -0.721. The number of benzene rings is 5. The quantitative estimate of drug-likeness (QED) is 0.0241. The SMILES string of the molecule is CCCCCCCCC(CCCCCC)N1C(=O)c2ccc3c4ccc5c6c(ccc(c7ccc(c2c37)C1=O)c64)C(=O)N(C(CCCCCC)CCCCCCCC)C5=O. The molecule has 0 aliphatic carbocycles. The van der Waals surface area contributed by atoms with Crippen molar-refractivity contribution in [2.45, 2.75) is 194 Å². The molecule has 7 rings (SSSR count). The molecular formula is C54H70N2O4. The van der Waals surface area contributed by atoms with Crippen LogP contribution in [0.3, 0.4) is 0 Å². The van der Waals surface area contributed by atoms with E-state index in [1.807, 2.05) is 48.5 Å². The van der Waals surface area contributed by atoms with Crippen LogP contribution in [0.2, 0.25) is 0 Å². The molecule has 0 saturated heterocycles. The molecule has 0 aromatic heterocycles. The van der Waals surface area contributed by atoms with Crippen LogP contribution in [-0.4, -0.2) is 45.5 Å². The van der Waals surface area contributed by atoms with E-state index in [9.17, 15) is 19.2 Å². The number of hydrogen-bond acceptors (Lipinski definition) is 4. The Labute approximate surface area is 359 Å². The summed E-state index contributed by atoms with van der Waals surface area (Å²) >= 11 is 0. The Morgan fingerprint density at radius 3 is 0.817 bits per heavy atom. The Bertz CT molecular complexity index is 2030. The first-order valence-corrected chi connectivity index (χ1v) is 24.3. The van der Waals surface area contributed by atoms with Crippen LogP contribution in [0, 0.1) is 0 Å². The van der Waals surface area contributed by atoms with E-state index < -0.39 is 0 Å². The van der Waals surface area contributed by atoms with Crippen molar-refractivity contribution in [2.75, 3.05) is 0 Å². The minimum Gasteiger partial charge on any atom is -0.271 e. The third kappa shape index (κ3) is 8.59. The van der Waals surface area contributed by atoms with Gasteiger partial charge < -0.3 is 0 Å². The van der Waals surface area contributed by atoms with Crippen LogP contribution in [0.1, 0.15) is 223 Å². The smallest absolute Gasteiger partial charge is 0.261 e. The number of rotatable bonds is 26. The molecule has 0 N–H and O–H groups in total. The van der Waals surface area contributed by atoms with Gasteiger partial charge in [-0.15, -0.1) is 0 Å². The number of fused-ring (bicyclic) bond motifs is 2. The van der Waals surface area contributed by atoms with Gasteiger partial charge in [-0.25, -0.2) is 0 Å². The summed E-state index contributed by atoms with van der Waals surface area (Å²) < 4.78 is 0. The Morgan fingerprint density at radius 2 is 0.550 bits per heavy atom. The van der Waals surface area contributed by atoms with Crippen LogP contribution < -0.4 is 0 Å². The predicted molar refractivity (Wildman–Crippen MR) is 250 cm³/mol. The van der Waals surface area contributed by atoms with Gasteiger partial charge in [0.2, 0.25) is 0 Å². The largest absolute Gasteiger partial charge is 0.271 e. The van der Waals surface area contributed by atoms with Crippen LogP contribution in [0.4, 0.5) is 0 Å². The van der Waals surface area contributed by atoms with Crippen molar-refractivity contribution in [1.29, 1.82) is 0 Å². The first-order valence-electron chi connectivity index (χ1n) is 24.3. The van der Waals surface area contributed by atoms with Gasteiger partial charge in [0.25, 0.3) is 23.6 Å². The van der Waals surface area contributed by atoms with Crippen molar-refractivity contribution in [2.24, 2.45) is 0 Å². The lowest BCUT2D eigenvalue weighted by Crippen LogP contribution is -2.47. The van der Waals surface area contributed by atoms with Gasteiger partial charge in [0.15, 0.2) is 0 Å². The fourth-order valence-electron chi connectivity index (χ4n) is 10.7. The van der Waals surface area contributed by atoms with E-state index in [1.54, 1.807) is 9.80 Å². The van der Waals surface area contributed by atoms with Crippen molar-refractivity contribution >= 4 is 66.7 Å². The Morgan fingerprint density at radius 1 is 0.317 bits per heavy atom. The lowest BCUT2D eigenvalue weighted by atomic mass is 9.81. The highest BCUT2D eigenvalue weighted by molar-refractivity contribution is 6.41. The minimum atomic E-state index is -0.180. The van der Waals surface area contributed by atoms with Crippen LogP contribution in [0.5, 0.6) is 0 Å². The van der Waals surface area contributed by atoms with Gasteiger partial charge in [0.05, 0.1) is 0 Å². The van der Waals surface area contributed by atoms with Gasteiger partial charge in [-0.2, -0.15) is 0 Å². The van der Waals surface area contributed by atoms with E-state index in [0.29, 0.717) is 22.3 Å². The van der Waals surface area contributed by atoms with Crippen LogP contribution in [0.15, 0.2) is 48.5 Å². The second kappa shape index (κ2) is 20.5. The molecule has 0 fully saturated rings. The molecule has 6 nitrogen and oxygen atoms in total. The number of amides is 4. The molecule has 0 radical (unpaired) electrons. The average Bonchev–Trinajstić information content (AvgIpc) is 3.26. The zero-order valence-corrected chi connectivity index (χ0v) is 37.3. The summed E-state index contributed by atoms with van der Waals surface area (Å²) in [6.07, 6.45) is 26.3. The summed E-state index contributed by atoms with van der Waals surface area (Å²) in [5, 5.41) is 7.07. The summed E-state index contributed by atoms with van der Waals surface area (Å²) in [6, 6.07) is 15.6.